The summed E-state index contributed by atoms with van der Waals surface area (Å²) in [6.07, 6.45) is 5.72. The van der Waals surface area contributed by atoms with E-state index in [0.717, 1.165) is 44.1 Å². The van der Waals surface area contributed by atoms with Gasteiger partial charge in [0.2, 0.25) is 10.0 Å². The van der Waals surface area contributed by atoms with Crippen LogP contribution in [0.15, 0.2) is 29.2 Å². The zero-order valence-electron chi connectivity index (χ0n) is 17.0. The van der Waals surface area contributed by atoms with Crippen LogP contribution in [-0.4, -0.2) is 31.7 Å². The molecule has 0 radical (unpaired) electrons. The van der Waals surface area contributed by atoms with Crippen molar-refractivity contribution in [2.24, 2.45) is 5.92 Å². The Morgan fingerprint density at radius 2 is 1.90 bits per heavy atom. The average Bonchev–Trinajstić information content (AvgIpc) is 3.10. The molecule has 30 heavy (non-hydrogen) atoms. The monoisotopic (exact) mass is 443 g/mol. The summed E-state index contributed by atoms with van der Waals surface area (Å²) in [5.41, 5.74) is 2.01. The molecule has 1 atom stereocenters. The Morgan fingerprint density at radius 3 is 2.57 bits per heavy atom. The number of aryl methyl sites for hydroxylation is 1. The smallest absolute Gasteiger partial charge is 0.256 e. The molecule has 1 aliphatic heterocycles. The van der Waals surface area contributed by atoms with Crippen LogP contribution in [0.4, 0.5) is 5.00 Å². The number of hydrogen-bond donors (Lipinski definition) is 1. The van der Waals surface area contributed by atoms with Crippen molar-refractivity contribution >= 4 is 32.3 Å². The van der Waals surface area contributed by atoms with Gasteiger partial charge in [-0.25, -0.2) is 8.42 Å². The van der Waals surface area contributed by atoms with Crippen LogP contribution >= 0.6 is 11.3 Å². The van der Waals surface area contributed by atoms with Crippen LogP contribution in [-0.2, 0) is 22.9 Å². The van der Waals surface area contributed by atoms with Gasteiger partial charge in [-0.05, 0) is 67.9 Å². The normalized spacial score (nSPS) is 19.7. The fourth-order valence-corrected chi connectivity index (χ4v) is 6.88. The Kier molecular flexibility index (Phi) is 5.96. The highest BCUT2D eigenvalue weighted by Crippen LogP contribution is 2.39. The Morgan fingerprint density at radius 1 is 1.20 bits per heavy atom. The van der Waals surface area contributed by atoms with Crippen LogP contribution < -0.4 is 5.32 Å². The van der Waals surface area contributed by atoms with Crippen LogP contribution in [0.1, 0.15) is 59.0 Å². The lowest BCUT2D eigenvalue weighted by Gasteiger charge is -2.25. The first-order valence-corrected chi connectivity index (χ1v) is 12.6. The third kappa shape index (κ3) is 4.02. The average molecular weight is 444 g/mol. The zero-order valence-corrected chi connectivity index (χ0v) is 18.6. The van der Waals surface area contributed by atoms with Crippen LogP contribution in [0.25, 0.3) is 0 Å². The number of piperidine rings is 1. The number of amides is 1. The molecule has 2 heterocycles. The molecule has 2 aliphatic rings. The first-order chi connectivity index (χ1) is 14.4. The highest BCUT2D eigenvalue weighted by molar-refractivity contribution is 7.89. The summed E-state index contributed by atoms with van der Waals surface area (Å²) in [6, 6.07) is 8.31. The molecular formula is C22H25N3O3S2. The minimum atomic E-state index is -3.52. The summed E-state index contributed by atoms with van der Waals surface area (Å²) < 4.78 is 27.1. The number of nitrogens with zero attached hydrogens (tertiary/aromatic N) is 2. The molecule has 2 aromatic rings. The maximum absolute atomic E-state index is 12.8. The van der Waals surface area contributed by atoms with E-state index in [0.29, 0.717) is 35.1 Å². The third-order valence-electron chi connectivity index (χ3n) is 5.92. The highest BCUT2D eigenvalue weighted by atomic mass is 32.2. The minimum Gasteiger partial charge on any atom is -0.312 e. The molecule has 4 rings (SSSR count). The Balaban J connectivity index is 1.52. The predicted octanol–water partition coefficient (Wildman–Crippen LogP) is 4.17. The van der Waals surface area contributed by atoms with E-state index in [4.69, 9.17) is 0 Å². The lowest BCUT2D eigenvalue weighted by atomic mass is 9.88. The minimum absolute atomic E-state index is 0.208. The van der Waals surface area contributed by atoms with Crippen LogP contribution in [0, 0.1) is 17.2 Å². The number of carbonyl (C=O) groups is 1. The van der Waals surface area contributed by atoms with E-state index in [1.54, 1.807) is 0 Å². The molecule has 1 aromatic carbocycles. The van der Waals surface area contributed by atoms with Gasteiger partial charge in [-0.1, -0.05) is 13.3 Å². The number of nitrogens with one attached hydrogen (secondary N) is 1. The van der Waals surface area contributed by atoms with E-state index in [2.05, 4.69) is 18.3 Å². The Bertz CT molecular complexity index is 1090. The second kappa shape index (κ2) is 8.50. The largest absolute Gasteiger partial charge is 0.312 e. The van der Waals surface area contributed by atoms with Crippen molar-refractivity contribution in [2.75, 3.05) is 18.4 Å². The lowest BCUT2D eigenvalue weighted by molar-refractivity contribution is 0.102. The van der Waals surface area contributed by atoms with Gasteiger partial charge in [0.15, 0.2) is 0 Å². The van der Waals surface area contributed by atoms with Gasteiger partial charge in [0, 0.05) is 23.5 Å². The van der Waals surface area contributed by atoms with Gasteiger partial charge in [-0.3, -0.25) is 4.79 Å². The number of rotatable bonds is 4. The molecule has 158 valence electrons. The molecule has 1 N–H and O–H groups in total. The van der Waals surface area contributed by atoms with E-state index < -0.39 is 10.0 Å². The van der Waals surface area contributed by atoms with Gasteiger partial charge < -0.3 is 5.32 Å². The van der Waals surface area contributed by atoms with E-state index >= 15 is 0 Å². The summed E-state index contributed by atoms with van der Waals surface area (Å²) in [5.74, 6) is 0.206. The lowest BCUT2D eigenvalue weighted by Crippen LogP contribution is -2.35. The molecule has 1 unspecified atom stereocenters. The van der Waals surface area contributed by atoms with E-state index in [9.17, 15) is 18.5 Å². The second-order valence-electron chi connectivity index (χ2n) is 8.11. The number of fused-ring (bicyclic) bond motifs is 1. The van der Waals surface area contributed by atoms with Gasteiger partial charge in [-0.2, -0.15) is 9.57 Å². The number of sulfonamides is 1. The molecule has 0 bridgehead atoms. The molecule has 1 fully saturated rings. The van der Waals surface area contributed by atoms with Gasteiger partial charge >= 0.3 is 0 Å². The fraction of sp³-hybridized carbons (Fsp3) is 0.455. The molecular weight excluding hydrogens is 418 g/mol. The van der Waals surface area contributed by atoms with Crippen LogP contribution in [0.5, 0.6) is 0 Å². The number of hydrogen-bond acceptors (Lipinski definition) is 5. The quantitative estimate of drug-likeness (QED) is 0.768. The standard InChI is InChI=1S/C22H25N3O3S2/c1-15-5-10-20-18(13-15)19(14-23)22(29-20)24-21(26)16-6-8-17(9-7-16)30(27,28)25-11-3-2-4-12-25/h6-9,15H,2-5,10-13H2,1H3,(H,24,26). The number of thiophene rings is 1. The van der Waals surface area contributed by atoms with Crippen molar-refractivity contribution in [1.29, 1.82) is 5.26 Å². The summed E-state index contributed by atoms with van der Waals surface area (Å²) in [6.45, 7) is 3.27. The molecule has 6 nitrogen and oxygen atoms in total. The first-order valence-electron chi connectivity index (χ1n) is 10.4. The maximum atomic E-state index is 12.8. The Hall–Kier alpha value is -2.21. The number of anilines is 1. The second-order valence-corrected chi connectivity index (χ2v) is 11.2. The topological polar surface area (TPSA) is 90.3 Å². The fourth-order valence-electron chi connectivity index (χ4n) is 4.17. The molecule has 1 saturated heterocycles. The van der Waals surface area contributed by atoms with Crippen molar-refractivity contribution in [3.63, 3.8) is 0 Å². The predicted molar refractivity (Wildman–Crippen MR) is 117 cm³/mol. The first kappa shape index (κ1) is 21.0. The van der Waals surface area contributed by atoms with Crippen molar-refractivity contribution in [3.05, 3.63) is 45.8 Å². The number of benzene rings is 1. The SMILES string of the molecule is CC1CCc2sc(NC(=O)c3ccc(S(=O)(=O)N4CCCCC4)cc3)c(C#N)c2C1. The molecule has 1 aromatic heterocycles. The molecule has 1 amide bonds. The maximum Gasteiger partial charge on any atom is 0.256 e. The van der Waals surface area contributed by atoms with Gasteiger partial charge in [0.1, 0.15) is 11.1 Å². The van der Waals surface area contributed by atoms with Gasteiger partial charge in [-0.15, -0.1) is 11.3 Å². The van der Waals surface area contributed by atoms with Crippen molar-refractivity contribution < 1.29 is 13.2 Å². The summed E-state index contributed by atoms with van der Waals surface area (Å²) in [7, 11) is -3.52. The van der Waals surface area contributed by atoms with Crippen molar-refractivity contribution in [3.8, 4) is 6.07 Å². The molecule has 0 spiro atoms. The van der Waals surface area contributed by atoms with Crippen LogP contribution in [0.3, 0.4) is 0 Å². The number of carbonyl (C=O) groups excluding carboxylic acids is 1. The molecule has 0 saturated carbocycles. The molecule has 1 aliphatic carbocycles. The number of nitriles is 1. The summed E-state index contributed by atoms with van der Waals surface area (Å²) >= 11 is 1.48. The van der Waals surface area contributed by atoms with Gasteiger partial charge in [0.25, 0.3) is 5.91 Å². The third-order valence-corrected chi connectivity index (χ3v) is 9.04. The Labute approximate surface area is 181 Å². The van der Waals surface area contributed by atoms with E-state index in [1.807, 2.05) is 0 Å². The molecule has 8 heteroatoms. The van der Waals surface area contributed by atoms with E-state index in [1.165, 1.54) is 44.8 Å². The highest BCUT2D eigenvalue weighted by Gasteiger charge is 2.27. The summed E-state index contributed by atoms with van der Waals surface area (Å²) in [5, 5.41) is 13.1. The van der Waals surface area contributed by atoms with Gasteiger partial charge in [0.05, 0.1) is 10.5 Å². The van der Waals surface area contributed by atoms with Crippen molar-refractivity contribution in [1.82, 2.24) is 4.31 Å². The summed E-state index contributed by atoms with van der Waals surface area (Å²) in [4.78, 5) is 14.1. The zero-order chi connectivity index (χ0) is 21.3. The van der Waals surface area contributed by atoms with Crippen molar-refractivity contribution in [2.45, 2.75) is 50.3 Å². The van der Waals surface area contributed by atoms with Crippen LogP contribution in [0.2, 0.25) is 0 Å². The van der Waals surface area contributed by atoms with E-state index in [-0.39, 0.29) is 10.8 Å².